The molecule has 1 aliphatic rings. The van der Waals surface area contributed by atoms with E-state index >= 15 is 0 Å². The quantitative estimate of drug-likeness (QED) is 0.859. The first-order valence-corrected chi connectivity index (χ1v) is 7.26. The lowest BCUT2D eigenvalue weighted by molar-refractivity contribution is -0.132. The molecule has 7 heteroatoms. The zero-order valence-corrected chi connectivity index (χ0v) is 12.7. The number of likely N-dealkylation sites (N-methyl/N-ethyl adjacent to an activating group) is 1. The third kappa shape index (κ3) is 3.82. The van der Waals surface area contributed by atoms with E-state index < -0.39 is 0 Å². The Hall–Kier alpha value is -0.880. The van der Waals surface area contributed by atoms with Crippen LogP contribution in [0.15, 0.2) is 12.3 Å². The van der Waals surface area contributed by atoms with Crippen LogP contribution in [0.5, 0.6) is 0 Å². The molecule has 1 aromatic rings. The standard InChI is InChI=1S/C13H17Cl2N3O2/c1-2-16-13(19)11-8-20-4-3-18(11)7-9-6-17-12(15)5-10(9)14/h5-6,11H,2-4,7-8H2,1H3,(H,16,19). The molecule has 1 amide bonds. The number of pyridine rings is 1. The van der Waals surface area contributed by atoms with E-state index in [9.17, 15) is 4.79 Å². The number of hydrogen-bond donors (Lipinski definition) is 1. The number of carbonyl (C=O) groups is 1. The van der Waals surface area contributed by atoms with Gasteiger partial charge in [0.05, 0.1) is 13.2 Å². The number of nitrogens with one attached hydrogen (secondary N) is 1. The van der Waals surface area contributed by atoms with Crippen molar-refractivity contribution in [3.63, 3.8) is 0 Å². The van der Waals surface area contributed by atoms with Crippen LogP contribution in [-0.4, -0.2) is 48.1 Å². The summed E-state index contributed by atoms with van der Waals surface area (Å²) >= 11 is 11.9. The molecule has 2 heterocycles. The highest BCUT2D eigenvalue weighted by Crippen LogP contribution is 2.21. The van der Waals surface area contributed by atoms with Crippen LogP contribution in [0, 0.1) is 0 Å². The maximum Gasteiger partial charge on any atom is 0.239 e. The van der Waals surface area contributed by atoms with Crippen molar-refractivity contribution in [3.05, 3.63) is 28.0 Å². The Morgan fingerprint density at radius 3 is 3.10 bits per heavy atom. The summed E-state index contributed by atoms with van der Waals surface area (Å²) < 4.78 is 5.39. The Labute approximate surface area is 128 Å². The normalized spacial score (nSPS) is 19.9. The Morgan fingerprint density at radius 2 is 2.40 bits per heavy atom. The fourth-order valence-electron chi connectivity index (χ4n) is 2.13. The molecule has 0 aromatic carbocycles. The highest BCUT2D eigenvalue weighted by molar-refractivity contribution is 6.34. The Bertz CT molecular complexity index is 485. The van der Waals surface area contributed by atoms with Crippen molar-refractivity contribution >= 4 is 29.1 Å². The van der Waals surface area contributed by atoms with Crippen molar-refractivity contribution in [2.24, 2.45) is 0 Å². The van der Waals surface area contributed by atoms with Gasteiger partial charge in [-0.3, -0.25) is 9.69 Å². The molecular weight excluding hydrogens is 301 g/mol. The van der Waals surface area contributed by atoms with Crippen LogP contribution in [0.3, 0.4) is 0 Å². The van der Waals surface area contributed by atoms with Crippen molar-refractivity contribution < 1.29 is 9.53 Å². The largest absolute Gasteiger partial charge is 0.378 e. The number of aromatic nitrogens is 1. The third-order valence-electron chi connectivity index (χ3n) is 3.16. The summed E-state index contributed by atoms with van der Waals surface area (Å²) in [5.74, 6) is -0.0229. The van der Waals surface area contributed by atoms with Crippen molar-refractivity contribution in [2.45, 2.75) is 19.5 Å². The summed E-state index contributed by atoms with van der Waals surface area (Å²) in [6.45, 7) is 4.73. The fourth-order valence-corrected chi connectivity index (χ4v) is 2.56. The maximum atomic E-state index is 12.0. The Morgan fingerprint density at radius 1 is 1.60 bits per heavy atom. The summed E-state index contributed by atoms with van der Waals surface area (Å²) in [4.78, 5) is 18.1. The average molecular weight is 318 g/mol. The highest BCUT2D eigenvalue weighted by atomic mass is 35.5. The maximum absolute atomic E-state index is 12.0. The smallest absolute Gasteiger partial charge is 0.239 e. The Balaban J connectivity index is 2.10. The zero-order valence-electron chi connectivity index (χ0n) is 11.2. The van der Waals surface area contributed by atoms with E-state index in [0.717, 1.165) is 5.56 Å². The van der Waals surface area contributed by atoms with Gasteiger partial charge in [-0.1, -0.05) is 23.2 Å². The number of amides is 1. The zero-order chi connectivity index (χ0) is 14.5. The second kappa shape index (κ2) is 7.22. The van der Waals surface area contributed by atoms with Gasteiger partial charge in [0.2, 0.25) is 5.91 Å². The number of ether oxygens (including phenoxy) is 1. The number of halogens is 2. The minimum Gasteiger partial charge on any atom is -0.378 e. The monoisotopic (exact) mass is 317 g/mol. The molecule has 1 atom stereocenters. The predicted octanol–water partition coefficient (Wildman–Crippen LogP) is 1.73. The van der Waals surface area contributed by atoms with E-state index in [1.807, 2.05) is 11.8 Å². The minimum atomic E-state index is -0.296. The second-order valence-corrected chi connectivity index (χ2v) is 5.35. The molecule has 110 valence electrons. The second-order valence-electron chi connectivity index (χ2n) is 4.55. The molecule has 0 bridgehead atoms. The molecular formula is C13H17Cl2N3O2. The van der Waals surface area contributed by atoms with Gasteiger partial charge in [-0.05, 0) is 13.0 Å². The topological polar surface area (TPSA) is 54.5 Å². The number of rotatable bonds is 4. The van der Waals surface area contributed by atoms with Gasteiger partial charge in [0.15, 0.2) is 0 Å². The lowest BCUT2D eigenvalue weighted by Crippen LogP contribution is -2.53. The molecule has 2 rings (SSSR count). The van der Waals surface area contributed by atoms with Crippen LogP contribution in [0.2, 0.25) is 10.2 Å². The van der Waals surface area contributed by atoms with E-state index in [-0.39, 0.29) is 11.9 Å². The van der Waals surface area contributed by atoms with Gasteiger partial charge in [0.25, 0.3) is 0 Å². The summed E-state index contributed by atoms with van der Waals surface area (Å²) in [6, 6.07) is 1.32. The van der Waals surface area contributed by atoms with Crippen molar-refractivity contribution in [3.8, 4) is 0 Å². The lowest BCUT2D eigenvalue weighted by atomic mass is 10.1. The lowest BCUT2D eigenvalue weighted by Gasteiger charge is -2.34. The molecule has 20 heavy (non-hydrogen) atoms. The first-order valence-electron chi connectivity index (χ1n) is 6.51. The molecule has 1 unspecified atom stereocenters. The van der Waals surface area contributed by atoms with Crippen molar-refractivity contribution in [1.29, 1.82) is 0 Å². The number of nitrogens with zero attached hydrogens (tertiary/aromatic N) is 2. The third-order valence-corrected chi connectivity index (χ3v) is 3.72. The molecule has 1 saturated heterocycles. The van der Waals surface area contributed by atoms with Gasteiger partial charge in [-0.2, -0.15) is 0 Å². The van der Waals surface area contributed by atoms with Crippen LogP contribution in [0.1, 0.15) is 12.5 Å². The van der Waals surface area contributed by atoms with Gasteiger partial charge in [-0.15, -0.1) is 0 Å². The van der Waals surface area contributed by atoms with Crippen LogP contribution < -0.4 is 5.32 Å². The summed E-state index contributed by atoms with van der Waals surface area (Å²) in [7, 11) is 0. The van der Waals surface area contributed by atoms with E-state index in [2.05, 4.69) is 10.3 Å². The first kappa shape index (κ1) is 15.5. The van der Waals surface area contributed by atoms with Crippen LogP contribution in [0.25, 0.3) is 0 Å². The van der Waals surface area contributed by atoms with Crippen molar-refractivity contribution in [2.75, 3.05) is 26.3 Å². The molecule has 0 radical (unpaired) electrons. The van der Waals surface area contributed by atoms with Gasteiger partial charge >= 0.3 is 0 Å². The number of morpholine rings is 1. The van der Waals surface area contributed by atoms with Crippen LogP contribution in [-0.2, 0) is 16.1 Å². The Kier molecular flexibility index (Phi) is 5.60. The summed E-state index contributed by atoms with van der Waals surface area (Å²) in [5, 5.41) is 3.75. The van der Waals surface area contributed by atoms with E-state index in [1.165, 1.54) is 0 Å². The predicted molar refractivity (Wildman–Crippen MR) is 78.0 cm³/mol. The molecule has 0 spiro atoms. The highest BCUT2D eigenvalue weighted by Gasteiger charge is 2.29. The summed E-state index contributed by atoms with van der Waals surface area (Å²) in [6.07, 6.45) is 1.65. The molecule has 1 aliphatic heterocycles. The van der Waals surface area contributed by atoms with Gasteiger partial charge in [0, 0.05) is 36.4 Å². The first-order chi connectivity index (χ1) is 9.61. The van der Waals surface area contributed by atoms with Gasteiger partial charge < -0.3 is 10.1 Å². The molecule has 1 fully saturated rings. The molecule has 0 saturated carbocycles. The van der Waals surface area contributed by atoms with Crippen LogP contribution >= 0.6 is 23.2 Å². The van der Waals surface area contributed by atoms with E-state index in [1.54, 1.807) is 12.3 Å². The van der Waals surface area contributed by atoms with Gasteiger partial charge in [-0.25, -0.2) is 4.98 Å². The van der Waals surface area contributed by atoms with Crippen LogP contribution in [0.4, 0.5) is 0 Å². The van der Waals surface area contributed by atoms with E-state index in [4.69, 9.17) is 27.9 Å². The van der Waals surface area contributed by atoms with E-state index in [0.29, 0.717) is 43.0 Å². The SMILES string of the molecule is CCNC(=O)C1COCCN1Cc1cnc(Cl)cc1Cl. The average Bonchev–Trinajstić information content (AvgIpc) is 2.43. The minimum absolute atomic E-state index is 0.0229. The molecule has 5 nitrogen and oxygen atoms in total. The fraction of sp³-hybridized carbons (Fsp3) is 0.538. The summed E-state index contributed by atoms with van der Waals surface area (Å²) in [5.41, 5.74) is 0.854. The van der Waals surface area contributed by atoms with Crippen molar-refractivity contribution in [1.82, 2.24) is 15.2 Å². The van der Waals surface area contributed by atoms with Gasteiger partial charge in [0.1, 0.15) is 11.2 Å². The number of hydrogen-bond acceptors (Lipinski definition) is 4. The molecule has 1 aromatic heterocycles. The molecule has 1 N–H and O–H groups in total. The number of carbonyl (C=O) groups excluding carboxylic acids is 1. The molecule has 0 aliphatic carbocycles.